The number of anilines is 1. The van der Waals surface area contributed by atoms with Crippen LogP contribution in [0.1, 0.15) is 29.8 Å². The second-order valence-corrected chi connectivity index (χ2v) is 3.49. The van der Waals surface area contributed by atoms with Crippen molar-refractivity contribution < 1.29 is 14.3 Å². The number of ketones is 1. The molecule has 0 aromatic heterocycles. The molecule has 0 heterocycles. The first-order chi connectivity index (χ1) is 8.04. The maximum Gasteiger partial charge on any atom is 0.330 e. The third-order valence-corrected chi connectivity index (χ3v) is 2.18. The van der Waals surface area contributed by atoms with Crippen molar-refractivity contribution in [3.05, 3.63) is 35.4 Å². The molecule has 0 unspecified atom stereocenters. The van der Waals surface area contributed by atoms with Crippen molar-refractivity contribution in [2.45, 2.75) is 13.8 Å². The van der Waals surface area contributed by atoms with Crippen LogP contribution >= 0.6 is 0 Å². The van der Waals surface area contributed by atoms with Gasteiger partial charge in [0.2, 0.25) is 0 Å². The van der Waals surface area contributed by atoms with Gasteiger partial charge in [0.25, 0.3) is 0 Å². The molecule has 0 aliphatic heterocycles. The van der Waals surface area contributed by atoms with Gasteiger partial charge in [-0.25, -0.2) is 4.79 Å². The molecule has 4 heteroatoms. The van der Waals surface area contributed by atoms with Gasteiger partial charge in [-0.1, -0.05) is 0 Å². The molecule has 90 valence electrons. The van der Waals surface area contributed by atoms with Gasteiger partial charge in [0.15, 0.2) is 5.78 Å². The number of rotatable bonds is 4. The molecule has 4 nitrogen and oxygen atoms in total. The van der Waals surface area contributed by atoms with Gasteiger partial charge in [-0.3, -0.25) is 4.79 Å². The predicted molar refractivity (Wildman–Crippen MR) is 66.5 cm³/mol. The van der Waals surface area contributed by atoms with Gasteiger partial charge in [0, 0.05) is 17.3 Å². The third-order valence-electron chi connectivity index (χ3n) is 2.18. The van der Waals surface area contributed by atoms with Crippen molar-refractivity contribution in [3.63, 3.8) is 0 Å². The van der Waals surface area contributed by atoms with Gasteiger partial charge in [0.1, 0.15) is 0 Å². The lowest BCUT2D eigenvalue weighted by Gasteiger charge is -2.02. The number of nitrogens with two attached hydrogens (primary N) is 1. The van der Waals surface area contributed by atoms with Crippen LogP contribution in [0.4, 0.5) is 5.69 Å². The summed E-state index contributed by atoms with van der Waals surface area (Å²) in [7, 11) is 0. The van der Waals surface area contributed by atoms with E-state index in [9.17, 15) is 9.59 Å². The Bertz CT molecular complexity index is 464. The number of esters is 1. The summed E-state index contributed by atoms with van der Waals surface area (Å²) in [5.41, 5.74) is 7.43. The van der Waals surface area contributed by atoms with E-state index < -0.39 is 5.97 Å². The zero-order chi connectivity index (χ0) is 12.8. The molecular weight excluding hydrogens is 218 g/mol. The normalized spacial score (nSPS) is 10.5. The quantitative estimate of drug-likeness (QED) is 0.374. The standard InChI is InChI=1S/C13H15NO3/c1-3-17-13(16)7-5-11-8-10(9(2)15)4-6-12(11)14/h4-8H,3,14H2,1-2H3. The highest BCUT2D eigenvalue weighted by molar-refractivity contribution is 5.96. The zero-order valence-electron chi connectivity index (χ0n) is 9.90. The molecule has 0 aliphatic rings. The van der Waals surface area contributed by atoms with Crippen LogP contribution in [0.2, 0.25) is 0 Å². The van der Waals surface area contributed by atoms with Gasteiger partial charge < -0.3 is 10.5 Å². The first kappa shape index (κ1) is 13.0. The minimum atomic E-state index is -0.430. The average molecular weight is 233 g/mol. The summed E-state index contributed by atoms with van der Waals surface area (Å²) in [6.45, 7) is 3.53. The van der Waals surface area contributed by atoms with E-state index in [0.29, 0.717) is 23.4 Å². The summed E-state index contributed by atoms with van der Waals surface area (Å²) in [5.74, 6) is -0.476. The van der Waals surface area contributed by atoms with Crippen molar-refractivity contribution in [3.8, 4) is 0 Å². The molecule has 0 radical (unpaired) electrons. The number of hydrogen-bond acceptors (Lipinski definition) is 4. The zero-order valence-corrected chi connectivity index (χ0v) is 9.90. The molecule has 0 bridgehead atoms. The van der Waals surface area contributed by atoms with Crippen LogP contribution in [0.5, 0.6) is 0 Å². The first-order valence-electron chi connectivity index (χ1n) is 5.30. The van der Waals surface area contributed by atoms with Gasteiger partial charge in [-0.15, -0.1) is 0 Å². The van der Waals surface area contributed by atoms with Crippen LogP contribution in [0, 0.1) is 0 Å². The lowest BCUT2D eigenvalue weighted by molar-refractivity contribution is -0.137. The van der Waals surface area contributed by atoms with E-state index in [0.717, 1.165) is 0 Å². The summed E-state index contributed by atoms with van der Waals surface area (Å²) in [6, 6.07) is 4.94. The van der Waals surface area contributed by atoms with Gasteiger partial charge in [0.05, 0.1) is 6.61 Å². The highest BCUT2D eigenvalue weighted by Crippen LogP contribution is 2.16. The van der Waals surface area contributed by atoms with Gasteiger partial charge in [-0.2, -0.15) is 0 Å². The van der Waals surface area contributed by atoms with E-state index in [1.165, 1.54) is 13.0 Å². The summed E-state index contributed by atoms with van der Waals surface area (Å²) < 4.78 is 4.75. The van der Waals surface area contributed by atoms with Crippen molar-refractivity contribution in [1.82, 2.24) is 0 Å². The minimum Gasteiger partial charge on any atom is -0.463 e. The van der Waals surface area contributed by atoms with E-state index >= 15 is 0 Å². The summed E-state index contributed by atoms with van der Waals surface area (Å²) in [4.78, 5) is 22.3. The monoisotopic (exact) mass is 233 g/mol. The Morgan fingerprint density at radius 3 is 2.71 bits per heavy atom. The van der Waals surface area contributed by atoms with Crippen molar-refractivity contribution in [1.29, 1.82) is 0 Å². The van der Waals surface area contributed by atoms with Crippen molar-refractivity contribution >= 4 is 23.5 Å². The van der Waals surface area contributed by atoms with Crippen LogP contribution in [-0.2, 0) is 9.53 Å². The number of carbonyl (C=O) groups excluding carboxylic acids is 2. The Morgan fingerprint density at radius 1 is 1.41 bits per heavy atom. The topological polar surface area (TPSA) is 69.4 Å². The Kier molecular flexibility index (Phi) is 4.46. The Morgan fingerprint density at radius 2 is 2.12 bits per heavy atom. The summed E-state index contributed by atoms with van der Waals surface area (Å²) in [5, 5.41) is 0. The molecule has 0 aliphatic carbocycles. The molecule has 17 heavy (non-hydrogen) atoms. The van der Waals surface area contributed by atoms with Crippen LogP contribution < -0.4 is 5.73 Å². The second-order valence-electron chi connectivity index (χ2n) is 3.49. The lowest BCUT2D eigenvalue weighted by Crippen LogP contribution is -2.00. The molecule has 1 aromatic carbocycles. The smallest absolute Gasteiger partial charge is 0.330 e. The fourth-order valence-corrected chi connectivity index (χ4v) is 1.29. The Hall–Kier alpha value is -2.10. The minimum absolute atomic E-state index is 0.0456. The van der Waals surface area contributed by atoms with Gasteiger partial charge >= 0.3 is 5.97 Å². The Balaban J connectivity index is 2.93. The molecule has 0 atom stereocenters. The van der Waals surface area contributed by atoms with Crippen LogP contribution in [0.15, 0.2) is 24.3 Å². The number of Topliss-reactive ketones (excluding diaryl/α,β-unsaturated/α-hetero) is 1. The van der Waals surface area contributed by atoms with Crippen LogP contribution in [0.25, 0.3) is 6.08 Å². The molecule has 1 rings (SSSR count). The molecule has 0 saturated heterocycles. The fraction of sp³-hybridized carbons (Fsp3) is 0.231. The van der Waals surface area contributed by atoms with Gasteiger partial charge in [-0.05, 0) is 43.7 Å². The van der Waals surface area contributed by atoms with Crippen LogP contribution in [-0.4, -0.2) is 18.4 Å². The maximum atomic E-state index is 11.2. The predicted octanol–water partition coefficient (Wildman–Crippen LogP) is 2.05. The van der Waals surface area contributed by atoms with Crippen molar-refractivity contribution in [2.24, 2.45) is 0 Å². The van der Waals surface area contributed by atoms with Crippen molar-refractivity contribution in [2.75, 3.05) is 12.3 Å². The molecule has 0 spiro atoms. The molecule has 0 amide bonds. The maximum absolute atomic E-state index is 11.2. The number of nitrogen functional groups attached to an aromatic ring is 1. The summed E-state index contributed by atoms with van der Waals surface area (Å²) in [6.07, 6.45) is 2.83. The molecule has 1 aromatic rings. The summed E-state index contributed by atoms with van der Waals surface area (Å²) >= 11 is 0. The molecular formula is C13H15NO3. The van der Waals surface area contributed by atoms with E-state index in [1.807, 2.05) is 0 Å². The fourth-order valence-electron chi connectivity index (χ4n) is 1.29. The second kappa shape index (κ2) is 5.84. The highest BCUT2D eigenvalue weighted by atomic mass is 16.5. The number of hydrogen-bond donors (Lipinski definition) is 1. The number of benzene rings is 1. The third kappa shape index (κ3) is 3.75. The van der Waals surface area contributed by atoms with E-state index in [2.05, 4.69) is 0 Å². The number of ether oxygens (including phenoxy) is 1. The molecule has 0 fully saturated rings. The highest BCUT2D eigenvalue weighted by Gasteiger charge is 2.03. The van der Waals surface area contributed by atoms with E-state index in [-0.39, 0.29) is 5.78 Å². The van der Waals surface area contributed by atoms with Crippen LogP contribution in [0.3, 0.4) is 0 Å². The number of carbonyl (C=O) groups is 2. The largest absolute Gasteiger partial charge is 0.463 e. The lowest BCUT2D eigenvalue weighted by atomic mass is 10.1. The average Bonchev–Trinajstić information content (AvgIpc) is 2.28. The first-order valence-corrected chi connectivity index (χ1v) is 5.30. The van der Waals surface area contributed by atoms with E-state index in [1.54, 1.807) is 31.2 Å². The molecule has 0 saturated carbocycles. The Labute approximate surface area is 100 Å². The van der Waals surface area contributed by atoms with E-state index in [4.69, 9.17) is 10.5 Å². The molecule has 2 N–H and O–H groups in total. The SMILES string of the molecule is CCOC(=O)C=Cc1cc(C(C)=O)ccc1N.